The number of hydrogen-bond donors (Lipinski definition) is 0. The molecule has 1 saturated carbocycles. The predicted octanol–water partition coefficient (Wildman–Crippen LogP) is 2.84. The van der Waals surface area contributed by atoms with Gasteiger partial charge in [-0.1, -0.05) is 25.0 Å². The second-order valence-corrected chi connectivity index (χ2v) is 3.99. The third kappa shape index (κ3) is 1.45. The van der Waals surface area contributed by atoms with Gasteiger partial charge in [0.1, 0.15) is 12.1 Å². The SMILES string of the molecule is O=CC1(c2cccc(F)c2)CCCC1. The molecule has 1 fully saturated rings. The summed E-state index contributed by atoms with van der Waals surface area (Å²) >= 11 is 0. The lowest BCUT2D eigenvalue weighted by atomic mass is 9.80. The van der Waals surface area contributed by atoms with Crippen LogP contribution >= 0.6 is 0 Å². The van der Waals surface area contributed by atoms with Crippen LogP contribution in [0.4, 0.5) is 4.39 Å². The van der Waals surface area contributed by atoms with Crippen LogP contribution in [0.15, 0.2) is 24.3 Å². The quantitative estimate of drug-likeness (QED) is 0.658. The fraction of sp³-hybridized carbons (Fsp3) is 0.417. The van der Waals surface area contributed by atoms with Gasteiger partial charge in [0, 0.05) is 0 Å². The van der Waals surface area contributed by atoms with Crippen molar-refractivity contribution in [2.75, 3.05) is 0 Å². The van der Waals surface area contributed by atoms with E-state index in [1.165, 1.54) is 12.1 Å². The van der Waals surface area contributed by atoms with E-state index in [4.69, 9.17) is 0 Å². The molecule has 2 rings (SSSR count). The third-order valence-electron chi connectivity index (χ3n) is 3.12. The zero-order valence-electron chi connectivity index (χ0n) is 8.00. The summed E-state index contributed by atoms with van der Waals surface area (Å²) in [6.45, 7) is 0. The van der Waals surface area contributed by atoms with E-state index < -0.39 is 5.41 Å². The van der Waals surface area contributed by atoms with E-state index >= 15 is 0 Å². The van der Waals surface area contributed by atoms with Crippen LogP contribution in [0, 0.1) is 5.82 Å². The first-order valence-corrected chi connectivity index (χ1v) is 4.99. The van der Waals surface area contributed by atoms with Gasteiger partial charge in [-0.15, -0.1) is 0 Å². The molecule has 0 spiro atoms. The summed E-state index contributed by atoms with van der Waals surface area (Å²) in [7, 11) is 0. The maximum Gasteiger partial charge on any atom is 0.130 e. The molecule has 0 radical (unpaired) electrons. The first kappa shape index (κ1) is 9.38. The van der Waals surface area contributed by atoms with Gasteiger partial charge in [-0.3, -0.25) is 0 Å². The van der Waals surface area contributed by atoms with Crippen LogP contribution in [-0.4, -0.2) is 6.29 Å². The van der Waals surface area contributed by atoms with Crippen molar-refractivity contribution in [1.29, 1.82) is 0 Å². The van der Waals surface area contributed by atoms with E-state index in [0.717, 1.165) is 37.5 Å². The molecule has 0 aliphatic heterocycles. The molecule has 1 nitrogen and oxygen atoms in total. The zero-order valence-corrected chi connectivity index (χ0v) is 8.00. The molecule has 0 unspecified atom stereocenters. The molecule has 1 aliphatic carbocycles. The second-order valence-electron chi connectivity index (χ2n) is 3.99. The molecule has 74 valence electrons. The van der Waals surface area contributed by atoms with Gasteiger partial charge in [0.15, 0.2) is 0 Å². The van der Waals surface area contributed by atoms with E-state index in [0.29, 0.717) is 0 Å². The van der Waals surface area contributed by atoms with Crippen LogP contribution in [0.1, 0.15) is 31.2 Å². The van der Waals surface area contributed by atoms with Gasteiger partial charge in [-0.05, 0) is 30.5 Å². The lowest BCUT2D eigenvalue weighted by molar-refractivity contribution is -0.112. The molecule has 0 saturated heterocycles. The number of carbonyl (C=O) groups is 1. The molecule has 0 amide bonds. The Balaban J connectivity index is 2.40. The Morgan fingerprint density at radius 2 is 2.00 bits per heavy atom. The predicted molar refractivity (Wildman–Crippen MR) is 52.6 cm³/mol. The molecule has 0 N–H and O–H groups in total. The van der Waals surface area contributed by atoms with E-state index in [9.17, 15) is 9.18 Å². The van der Waals surface area contributed by atoms with E-state index in [1.54, 1.807) is 6.07 Å². The Hall–Kier alpha value is -1.18. The van der Waals surface area contributed by atoms with Crippen molar-refractivity contribution >= 4 is 6.29 Å². The van der Waals surface area contributed by atoms with Crippen LogP contribution in [0.5, 0.6) is 0 Å². The number of rotatable bonds is 2. The standard InChI is InChI=1S/C12H13FO/c13-11-5-3-4-10(8-11)12(9-14)6-1-2-7-12/h3-5,8-9H,1-2,6-7H2. The molecule has 1 aromatic carbocycles. The molecule has 0 atom stereocenters. The van der Waals surface area contributed by atoms with Gasteiger partial charge >= 0.3 is 0 Å². The lowest BCUT2D eigenvalue weighted by Crippen LogP contribution is -2.23. The van der Waals surface area contributed by atoms with Crippen LogP contribution in [0.3, 0.4) is 0 Å². The minimum absolute atomic E-state index is 0.254. The molecule has 0 heterocycles. The number of benzene rings is 1. The molecule has 1 aromatic rings. The number of halogens is 1. The van der Waals surface area contributed by atoms with Crippen LogP contribution in [-0.2, 0) is 10.2 Å². The molecule has 0 bridgehead atoms. The fourth-order valence-electron chi connectivity index (χ4n) is 2.28. The third-order valence-corrected chi connectivity index (χ3v) is 3.12. The second kappa shape index (κ2) is 3.52. The maximum absolute atomic E-state index is 13.0. The average molecular weight is 192 g/mol. The molecule has 14 heavy (non-hydrogen) atoms. The van der Waals surface area contributed by atoms with E-state index in [2.05, 4.69) is 0 Å². The lowest BCUT2D eigenvalue weighted by Gasteiger charge is -2.22. The fourth-order valence-corrected chi connectivity index (χ4v) is 2.28. The average Bonchev–Trinajstić information content (AvgIpc) is 2.67. The molecular formula is C12H13FO. The smallest absolute Gasteiger partial charge is 0.130 e. The van der Waals surface area contributed by atoms with Gasteiger partial charge in [0.05, 0.1) is 5.41 Å². The van der Waals surface area contributed by atoms with Crippen molar-refractivity contribution in [1.82, 2.24) is 0 Å². The largest absolute Gasteiger partial charge is 0.302 e. The topological polar surface area (TPSA) is 17.1 Å². The Bertz CT molecular complexity index is 340. The van der Waals surface area contributed by atoms with E-state index in [1.807, 2.05) is 6.07 Å². The number of hydrogen-bond acceptors (Lipinski definition) is 1. The van der Waals surface area contributed by atoms with Crippen molar-refractivity contribution in [2.24, 2.45) is 0 Å². The van der Waals surface area contributed by atoms with Crippen molar-refractivity contribution in [3.63, 3.8) is 0 Å². The van der Waals surface area contributed by atoms with Crippen LogP contribution in [0.2, 0.25) is 0 Å². The summed E-state index contributed by atoms with van der Waals surface area (Å²) in [4.78, 5) is 11.1. The number of aldehydes is 1. The van der Waals surface area contributed by atoms with Gasteiger partial charge in [0.2, 0.25) is 0 Å². The van der Waals surface area contributed by atoms with Gasteiger partial charge in [-0.25, -0.2) is 4.39 Å². The summed E-state index contributed by atoms with van der Waals surface area (Å²) in [5, 5.41) is 0. The highest BCUT2D eigenvalue weighted by Crippen LogP contribution is 2.39. The van der Waals surface area contributed by atoms with Crippen molar-refractivity contribution in [3.8, 4) is 0 Å². The van der Waals surface area contributed by atoms with Crippen molar-refractivity contribution in [3.05, 3.63) is 35.6 Å². The molecule has 1 aliphatic rings. The summed E-state index contributed by atoms with van der Waals surface area (Å²) in [6, 6.07) is 6.42. The van der Waals surface area contributed by atoms with Crippen molar-refractivity contribution < 1.29 is 9.18 Å². The normalized spacial score (nSPS) is 19.5. The Labute approximate surface area is 82.9 Å². The highest BCUT2D eigenvalue weighted by Gasteiger charge is 2.35. The van der Waals surface area contributed by atoms with Crippen LogP contribution < -0.4 is 0 Å². The van der Waals surface area contributed by atoms with Gasteiger partial charge in [0.25, 0.3) is 0 Å². The molecular weight excluding hydrogens is 179 g/mol. The first-order chi connectivity index (χ1) is 6.77. The summed E-state index contributed by atoms with van der Waals surface area (Å²) in [5.74, 6) is -0.254. The zero-order chi connectivity index (χ0) is 10.0. The van der Waals surface area contributed by atoms with Crippen molar-refractivity contribution in [2.45, 2.75) is 31.1 Å². The molecule has 0 aromatic heterocycles. The minimum atomic E-state index is -0.401. The molecule has 2 heteroatoms. The highest BCUT2D eigenvalue weighted by molar-refractivity contribution is 5.69. The van der Waals surface area contributed by atoms with Gasteiger partial charge < -0.3 is 4.79 Å². The number of carbonyl (C=O) groups excluding carboxylic acids is 1. The Kier molecular flexibility index (Phi) is 2.36. The maximum atomic E-state index is 13.0. The summed E-state index contributed by atoms with van der Waals surface area (Å²) in [5.41, 5.74) is 0.437. The highest BCUT2D eigenvalue weighted by atomic mass is 19.1. The Morgan fingerprint density at radius 3 is 2.57 bits per heavy atom. The van der Waals surface area contributed by atoms with Gasteiger partial charge in [-0.2, -0.15) is 0 Å². The van der Waals surface area contributed by atoms with Crippen LogP contribution in [0.25, 0.3) is 0 Å². The monoisotopic (exact) mass is 192 g/mol. The summed E-state index contributed by atoms with van der Waals surface area (Å²) in [6.07, 6.45) is 4.85. The summed E-state index contributed by atoms with van der Waals surface area (Å²) < 4.78 is 13.0. The van der Waals surface area contributed by atoms with E-state index in [-0.39, 0.29) is 5.82 Å². The minimum Gasteiger partial charge on any atom is -0.302 e. The Morgan fingerprint density at radius 1 is 1.29 bits per heavy atom. The first-order valence-electron chi connectivity index (χ1n) is 4.99.